The molecule has 4 rings (SSSR count). The van der Waals surface area contributed by atoms with Crippen molar-refractivity contribution in [2.75, 3.05) is 33.3 Å². The van der Waals surface area contributed by atoms with Gasteiger partial charge in [-0.2, -0.15) is 0 Å². The van der Waals surface area contributed by atoms with E-state index in [1.165, 1.54) is 22.5 Å². The monoisotopic (exact) mass is 371 g/mol. The summed E-state index contributed by atoms with van der Waals surface area (Å²) in [6.07, 6.45) is 3.29. The van der Waals surface area contributed by atoms with Crippen LogP contribution in [-0.4, -0.2) is 60.0 Å². The highest BCUT2D eigenvalue weighted by molar-refractivity contribution is 7.15. The van der Waals surface area contributed by atoms with Crippen molar-refractivity contribution in [3.63, 3.8) is 0 Å². The van der Waals surface area contributed by atoms with E-state index in [2.05, 4.69) is 34.1 Å². The smallest absolute Gasteiger partial charge is 0.273 e. The van der Waals surface area contributed by atoms with Crippen LogP contribution in [0.15, 0.2) is 24.3 Å². The molecule has 5 nitrogen and oxygen atoms in total. The highest BCUT2D eigenvalue weighted by atomic mass is 32.1. The van der Waals surface area contributed by atoms with Gasteiger partial charge in [-0.05, 0) is 37.3 Å². The molecule has 2 aliphatic rings. The number of ether oxygens (including phenoxy) is 1. The van der Waals surface area contributed by atoms with E-state index in [9.17, 15) is 4.79 Å². The molecule has 0 atom stereocenters. The van der Waals surface area contributed by atoms with Crippen LogP contribution in [-0.2, 0) is 12.8 Å². The molecule has 0 saturated carbocycles. The first-order valence-corrected chi connectivity index (χ1v) is 10.1. The summed E-state index contributed by atoms with van der Waals surface area (Å²) in [7, 11) is 1.59. The lowest BCUT2D eigenvalue weighted by molar-refractivity contribution is 0.0762. The maximum Gasteiger partial charge on any atom is 0.273 e. The minimum Gasteiger partial charge on any atom is -0.473 e. The number of thiazole rings is 1. The second-order valence-electron chi connectivity index (χ2n) is 7.11. The standard InChI is InChI=1S/C20H25N3O2S/c1-14-18(26-20(21-14)25-2)19(24)23-9-5-8-22(10-11-23)17-12-15-6-3-4-7-16(15)13-17/h3-4,6-7,17H,5,8-13H2,1-2H3. The zero-order chi connectivity index (χ0) is 18.1. The Balaban J connectivity index is 1.41. The molecule has 2 heterocycles. The fourth-order valence-electron chi connectivity index (χ4n) is 4.10. The van der Waals surface area contributed by atoms with Crippen molar-refractivity contribution >= 4 is 17.2 Å². The van der Waals surface area contributed by atoms with Crippen molar-refractivity contribution < 1.29 is 9.53 Å². The number of carbonyl (C=O) groups excluding carboxylic acids is 1. The molecule has 2 aromatic rings. The molecular formula is C20H25N3O2S. The van der Waals surface area contributed by atoms with Gasteiger partial charge >= 0.3 is 0 Å². The Hall–Kier alpha value is -1.92. The SMILES string of the molecule is COc1nc(C)c(C(=O)N2CCCN(C3Cc4ccccc4C3)CC2)s1. The number of fused-ring (bicyclic) bond motifs is 1. The van der Waals surface area contributed by atoms with Crippen molar-refractivity contribution in [1.82, 2.24) is 14.8 Å². The largest absolute Gasteiger partial charge is 0.473 e. The number of aromatic nitrogens is 1. The van der Waals surface area contributed by atoms with E-state index < -0.39 is 0 Å². The third kappa shape index (κ3) is 3.35. The average Bonchev–Trinajstić information content (AvgIpc) is 3.16. The fraction of sp³-hybridized carbons (Fsp3) is 0.500. The number of nitrogens with zero attached hydrogens (tertiary/aromatic N) is 3. The van der Waals surface area contributed by atoms with E-state index in [4.69, 9.17) is 4.74 Å². The van der Waals surface area contributed by atoms with Gasteiger partial charge in [0.1, 0.15) is 4.88 Å². The second kappa shape index (κ2) is 7.37. The molecular weight excluding hydrogens is 346 g/mol. The molecule has 1 aliphatic carbocycles. The Morgan fingerprint density at radius 3 is 2.54 bits per heavy atom. The van der Waals surface area contributed by atoms with Gasteiger partial charge in [0.05, 0.1) is 12.8 Å². The van der Waals surface area contributed by atoms with Crippen LogP contribution in [0.4, 0.5) is 0 Å². The molecule has 0 N–H and O–H groups in total. The van der Waals surface area contributed by atoms with Gasteiger partial charge in [-0.15, -0.1) is 0 Å². The molecule has 0 bridgehead atoms. The molecule has 1 aromatic heterocycles. The van der Waals surface area contributed by atoms with E-state index in [1.54, 1.807) is 7.11 Å². The quantitative estimate of drug-likeness (QED) is 0.832. The van der Waals surface area contributed by atoms with Crippen LogP contribution in [0.25, 0.3) is 0 Å². The van der Waals surface area contributed by atoms with Gasteiger partial charge in [0.25, 0.3) is 11.1 Å². The van der Waals surface area contributed by atoms with Gasteiger partial charge < -0.3 is 9.64 Å². The first kappa shape index (κ1) is 17.5. The Morgan fingerprint density at radius 1 is 1.15 bits per heavy atom. The molecule has 0 unspecified atom stereocenters. The van der Waals surface area contributed by atoms with Crippen LogP contribution in [0.5, 0.6) is 5.19 Å². The summed E-state index contributed by atoms with van der Waals surface area (Å²) >= 11 is 1.35. The zero-order valence-corrected chi connectivity index (χ0v) is 16.2. The number of methoxy groups -OCH3 is 1. The minimum atomic E-state index is 0.0971. The van der Waals surface area contributed by atoms with Crippen molar-refractivity contribution in [2.24, 2.45) is 0 Å². The molecule has 0 spiro atoms. The van der Waals surface area contributed by atoms with Crippen molar-refractivity contribution in [3.8, 4) is 5.19 Å². The number of amides is 1. The number of aryl methyl sites for hydroxylation is 1. The van der Waals surface area contributed by atoms with Crippen molar-refractivity contribution in [2.45, 2.75) is 32.2 Å². The van der Waals surface area contributed by atoms with Crippen LogP contribution in [0.1, 0.15) is 32.9 Å². The zero-order valence-electron chi connectivity index (χ0n) is 15.4. The average molecular weight is 372 g/mol. The first-order chi connectivity index (χ1) is 12.7. The molecule has 6 heteroatoms. The Morgan fingerprint density at radius 2 is 1.88 bits per heavy atom. The summed E-state index contributed by atoms with van der Waals surface area (Å²) in [5.74, 6) is 0.0971. The van der Waals surface area contributed by atoms with E-state index >= 15 is 0 Å². The van der Waals surface area contributed by atoms with Crippen molar-refractivity contribution in [1.29, 1.82) is 0 Å². The van der Waals surface area contributed by atoms with E-state index in [0.29, 0.717) is 16.1 Å². The summed E-state index contributed by atoms with van der Waals surface area (Å²) in [4.78, 5) is 22.5. The highest BCUT2D eigenvalue weighted by Gasteiger charge is 2.30. The van der Waals surface area contributed by atoms with Gasteiger partial charge in [-0.25, -0.2) is 4.98 Å². The number of hydrogen-bond acceptors (Lipinski definition) is 5. The Kier molecular flexibility index (Phi) is 4.96. The highest BCUT2D eigenvalue weighted by Crippen LogP contribution is 2.28. The van der Waals surface area contributed by atoms with E-state index in [-0.39, 0.29) is 5.91 Å². The predicted molar refractivity (Wildman–Crippen MR) is 103 cm³/mol. The summed E-state index contributed by atoms with van der Waals surface area (Å²) in [5.41, 5.74) is 3.74. The van der Waals surface area contributed by atoms with Gasteiger partial charge in [-0.1, -0.05) is 35.6 Å². The van der Waals surface area contributed by atoms with E-state index in [1.807, 2.05) is 11.8 Å². The molecule has 26 heavy (non-hydrogen) atoms. The lowest BCUT2D eigenvalue weighted by Crippen LogP contribution is -2.40. The minimum absolute atomic E-state index is 0.0971. The third-order valence-corrected chi connectivity index (χ3v) is 6.62. The van der Waals surface area contributed by atoms with Crippen LogP contribution in [0, 0.1) is 6.92 Å². The van der Waals surface area contributed by atoms with Crippen molar-refractivity contribution in [3.05, 3.63) is 46.0 Å². The summed E-state index contributed by atoms with van der Waals surface area (Å²) < 4.78 is 5.18. The van der Waals surface area contributed by atoms with Gasteiger partial charge in [0.2, 0.25) is 0 Å². The first-order valence-electron chi connectivity index (χ1n) is 9.27. The molecule has 0 radical (unpaired) electrons. The molecule has 1 fully saturated rings. The number of benzene rings is 1. The summed E-state index contributed by atoms with van der Waals surface area (Å²) in [6, 6.07) is 9.35. The maximum absolute atomic E-state index is 12.9. The topological polar surface area (TPSA) is 45.7 Å². The predicted octanol–water partition coefficient (Wildman–Crippen LogP) is 2.78. The van der Waals surface area contributed by atoms with Crippen LogP contribution < -0.4 is 4.74 Å². The Bertz CT molecular complexity index is 779. The van der Waals surface area contributed by atoms with Crippen LogP contribution in [0.2, 0.25) is 0 Å². The maximum atomic E-state index is 12.9. The van der Waals surface area contributed by atoms with Crippen LogP contribution >= 0.6 is 11.3 Å². The molecule has 1 aromatic carbocycles. The molecule has 1 amide bonds. The number of hydrogen-bond donors (Lipinski definition) is 0. The summed E-state index contributed by atoms with van der Waals surface area (Å²) in [5, 5.41) is 0.561. The van der Waals surface area contributed by atoms with Crippen LogP contribution in [0.3, 0.4) is 0 Å². The number of carbonyl (C=O) groups is 1. The van der Waals surface area contributed by atoms with Gasteiger partial charge in [-0.3, -0.25) is 9.69 Å². The number of rotatable bonds is 3. The molecule has 1 saturated heterocycles. The lowest BCUT2D eigenvalue weighted by atomic mass is 10.1. The van der Waals surface area contributed by atoms with E-state index in [0.717, 1.165) is 51.1 Å². The van der Waals surface area contributed by atoms with Gasteiger partial charge in [0, 0.05) is 32.2 Å². The van der Waals surface area contributed by atoms with Gasteiger partial charge in [0.15, 0.2) is 0 Å². The lowest BCUT2D eigenvalue weighted by Gasteiger charge is -2.27. The second-order valence-corrected chi connectivity index (χ2v) is 8.07. The normalized spacial score (nSPS) is 18.6. The Labute approximate surface area is 158 Å². The summed E-state index contributed by atoms with van der Waals surface area (Å²) in [6.45, 7) is 5.49. The third-order valence-electron chi connectivity index (χ3n) is 5.51. The molecule has 1 aliphatic heterocycles. The molecule has 138 valence electrons. The fourth-order valence-corrected chi connectivity index (χ4v) is 4.95.